The van der Waals surface area contributed by atoms with Crippen LogP contribution in [0.4, 0.5) is 0 Å². The van der Waals surface area contributed by atoms with Gasteiger partial charge in [-0.05, 0) is 17.5 Å². The van der Waals surface area contributed by atoms with E-state index in [4.69, 9.17) is 10.4 Å². The molecule has 6 nitrogen and oxygen atoms in total. The summed E-state index contributed by atoms with van der Waals surface area (Å²) in [6.45, 7) is 5.16. The molecule has 0 bridgehead atoms. The lowest BCUT2D eigenvalue weighted by molar-refractivity contribution is -0.142. The average molecular weight is 261 g/mol. The van der Waals surface area contributed by atoms with Gasteiger partial charge in [-0.25, -0.2) is 9.78 Å². The van der Waals surface area contributed by atoms with Gasteiger partial charge in [0.1, 0.15) is 17.8 Å². The number of hydrogen-bond donors (Lipinski definition) is 2. The first-order valence-corrected chi connectivity index (χ1v) is 5.65. The van der Waals surface area contributed by atoms with Crippen LogP contribution >= 0.6 is 0 Å². The molecule has 1 aromatic rings. The Morgan fingerprint density at radius 3 is 2.42 bits per heavy atom. The molecule has 1 heterocycles. The number of carboxylic acid groups (broad SMARTS) is 1. The lowest BCUT2D eigenvalue weighted by Gasteiger charge is -2.27. The molecule has 0 radical (unpaired) electrons. The van der Waals surface area contributed by atoms with Gasteiger partial charge in [-0.2, -0.15) is 5.26 Å². The number of carboxylic acids is 1. The normalized spacial score (nSPS) is 12.3. The van der Waals surface area contributed by atoms with Crippen molar-refractivity contribution in [3.63, 3.8) is 0 Å². The first-order chi connectivity index (χ1) is 8.75. The largest absolute Gasteiger partial charge is 0.480 e. The monoisotopic (exact) mass is 261 g/mol. The number of hydrogen-bond acceptors (Lipinski definition) is 4. The van der Waals surface area contributed by atoms with E-state index in [-0.39, 0.29) is 5.69 Å². The van der Waals surface area contributed by atoms with E-state index in [2.05, 4.69) is 10.3 Å². The Balaban J connectivity index is 2.88. The number of nitriles is 1. The first kappa shape index (κ1) is 14.6. The predicted octanol–water partition coefficient (Wildman–Crippen LogP) is 1.18. The van der Waals surface area contributed by atoms with Crippen molar-refractivity contribution in [2.24, 2.45) is 5.41 Å². The lowest BCUT2D eigenvalue weighted by Crippen LogP contribution is -2.49. The van der Waals surface area contributed by atoms with Gasteiger partial charge >= 0.3 is 5.97 Å². The molecule has 0 fully saturated rings. The Labute approximate surface area is 111 Å². The fraction of sp³-hybridized carbons (Fsp3) is 0.385. The van der Waals surface area contributed by atoms with Crippen molar-refractivity contribution in [1.29, 1.82) is 5.26 Å². The summed E-state index contributed by atoms with van der Waals surface area (Å²) in [5, 5.41) is 20.2. The van der Waals surface area contributed by atoms with Crippen molar-refractivity contribution in [3.8, 4) is 6.07 Å². The third-order valence-electron chi connectivity index (χ3n) is 2.51. The Morgan fingerprint density at radius 2 is 2.05 bits per heavy atom. The highest BCUT2D eigenvalue weighted by atomic mass is 16.4. The van der Waals surface area contributed by atoms with Gasteiger partial charge in [-0.1, -0.05) is 20.8 Å². The highest BCUT2D eigenvalue weighted by molar-refractivity contribution is 5.95. The van der Waals surface area contributed by atoms with E-state index in [1.165, 1.54) is 18.3 Å². The number of aromatic nitrogens is 1. The van der Waals surface area contributed by atoms with Crippen molar-refractivity contribution in [2.45, 2.75) is 26.8 Å². The van der Waals surface area contributed by atoms with Gasteiger partial charge in [0.05, 0.1) is 5.56 Å². The zero-order chi connectivity index (χ0) is 14.6. The summed E-state index contributed by atoms with van der Waals surface area (Å²) < 4.78 is 0. The van der Waals surface area contributed by atoms with Crippen molar-refractivity contribution in [1.82, 2.24) is 10.3 Å². The van der Waals surface area contributed by atoms with E-state index < -0.39 is 23.3 Å². The third kappa shape index (κ3) is 3.78. The van der Waals surface area contributed by atoms with E-state index in [1.54, 1.807) is 20.8 Å². The summed E-state index contributed by atoms with van der Waals surface area (Å²) in [5.41, 5.74) is -0.203. The second kappa shape index (κ2) is 5.48. The zero-order valence-corrected chi connectivity index (χ0v) is 11.0. The van der Waals surface area contributed by atoms with Crippen LogP contribution < -0.4 is 5.32 Å². The van der Waals surface area contributed by atoms with Crippen LogP contribution in [0.5, 0.6) is 0 Å². The maximum atomic E-state index is 11.9. The molecule has 100 valence electrons. The Bertz CT molecular complexity index is 524. The van der Waals surface area contributed by atoms with Crippen LogP contribution in [0, 0.1) is 16.7 Å². The second-order valence-corrected chi connectivity index (χ2v) is 5.15. The molecule has 1 rings (SSSR count). The summed E-state index contributed by atoms with van der Waals surface area (Å²) in [6, 6.07) is 3.71. The minimum absolute atomic E-state index is 0.0782. The molecule has 0 aromatic carbocycles. The SMILES string of the molecule is CC(C)(C)C(NC(=O)c1ccc(C#N)cn1)C(=O)O. The number of nitrogens with one attached hydrogen (secondary N) is 1. The van der Waals surface area contributed by atoms with Crippen molar-refractivity contribution in [3.05, 3.63) is 29.6 Å². The first-order valence-electron chi connectivity index (χ1n) is 5.65. The highest BCUT2D eigenvalue weighted by Crippen LogP contribution is 2.19. The summed E-state index contributed by atoms with van der Waals surface area (Å²) >= 11 is 0. The number of rotatable bonds is 3. The van der Waals surface area contributed by atoms with Gasteiger partial charge in [0.2, 0.25) is 0 Å². The molecule has 1 atom stereocenters. The van der Waals surface area contributed by atoms with Crippen LogP contribution in [0.2, 0.25) is 0 Å². The van der Waals surface area contributed by atoms with Gasteiger partial charge in [-0.15, -0.1) is 0 Å². The number of pyridine rings is 1. The molecule has 0 aliphatic carbocycles. The summed E-state index contributed by atoms with van der Waals surface area (Å²) in [6.07, 6.45) is 1.27. The van der Waals surface area contributed by atoms with Gasteiger partial charge < -0.3 is 10.4 Å². The average Bonchev–Trinajstić information content (AvgIpc) is 2.34. The molecule has 0 spiro atoms. The molecule has 0 aliphatic rings. The summed E-state index contributed by atoms with van der Waals surface area (Å²) in [7, 11) is 0. The zero-order valence-electron chi connectivity index (χ0n) is 11.0. The number of nitrogens with zero attached hydrogens (tertiary/aromatic N) is 2. The molecule has 0 saturated heterocycles. The van der Waals surface area contributed by atoms with Crippen LogP contribution in [0.1, 0.15) is 36.8 Å². The van der Waals surface area contributed by atoms with Gasteiger partial charge in [-0.3, -0.25) is 4.79 Å². The minimum Gasteiger partial charge on any atom is -0.480 e. The van der Waals surface area contributed by atoms with Crippen molar-refractivity contribution >= 4 is 11.9 Å². The highest BCUT2D eigenvalue weighted by Gasteiger charge is 2.32. The Kier molecular flexibility index (Phi) is 4.22. The molecule has 0 saturated carbocycles. The van der Waals surface area contributed by atoms with E-state index in [1.807, 2.05) is 6.07 Å². The number of aliphatic carboxylic acids is 1. The third-order valence-corrected chi connectivity index (χ3v) is 2.51. The maximum absolute atomic E-state index is 11.9. The van der Waals surface area contributed by atoms with E-state index in [9.17, 15) is 9.59 Å². The molecular weight excluding hydrogens is 246 g/mol. The van der Waals surface area contributed by atoms with Crippen molar-refractivity contribution < 1.29 is 14.7 Å². The number of carbonyl (C=O) groups is 2. The topological polar surface area (TPSA) is 103 Å². The molecule has 0 aliphatic heterocycles. The van der Waals surface area contributed by atoms with Gasteiger partial charge in [0.15, 0.2) is 0 Å². The van der Waals surface area contributed by atoms with Crippen LogP contribution in [-0.4, -0.2) is 28.0 Å². The predicted molar refractivity (Wildman–Crippen MR) is 67.3 cm³/mol. The quantitative estimate of drug-likeness (QED) is 0.850. The molecule has 1 unspecified atom stereocenters. The standard InChI is InChI=1S/C13H15N3O3/c1-13(2,3)10(12(18)19)16-11(17)9-5-4-8(6-14)7-15-9/h4-5,7,10H,1-3H3,(H,16,17)(H,18,19). The Hall–Kier alpha value is -2.42. The molecule has 6 heteroatoms. The number of carbonyl (C=O) groups excluding carboxylic acids is 1. The second-order valence-electron chi connectivity index (χ2n) is 5.15. The van der Waals surface area contributed by atoms with E-state index in [0.29, 0.717) is 5.56 Å². The Morgan fingerprint density at radius 1 is 1.42 bits per heavy atom. The smallest absolute Gasteiger partial charge is 0.326 e. The maximum Gasteiger partial charge on any atom is 0.326 e. The lowest BCUT2D eigenvalue weighted by atomic mass is 9.86. The van der Waals surface area contributed by atoms with Crippen molar-refractivity contribution in [2.75, 3.05) is 0 Å². The van der Waals surface area contributed by atoms with Crippen LogP contribution in [0.15, 0.2) is 18.3 Å². The van der Waals surface area contributed by atoms with E-state index >= 15 is 0 Å². The molecule has 1 aromatic heterocycles. The summed E-state index contributed by atoms with van der Waals surface area (Å²) in [5.74, 6) is -1.68. The van der Waals surface area contributed by atoms with Gasteiger partial charge in [0, 0.05) is 6.20 Å². The molecule has 2 N–H and O–H groups in total. The fourth-order valence-electron chi connectivity index (χ4n) is 1.45. The molecular formula is C13H15N3O3. The summed E-state index contributed by atoms with van der Waals surface area (Å²) in [4.78, 5) is 26.8. The number of amides is 1. The van der Waals surface area contributed by atoms with Crippen LogP contribution in [-0.2, 0) is 4.79 Å². The molecule has 1 amide bonds. The van der Waals surface area contributed by atoms with Crippen LogP contribution in [0.25, 0.3) is 0 Å². The molecule has 19 heavy (non-hydrogen) atoms. The fourth-order valence-corrected chi connectivity index (χ4v) is 1.45. The van der Waals surface area contributed by atoms with Crippen LogP contribution in [0.3, 0.4) is 0 Å². The van der Waals surface area contributed by atoms with Gasteiger partial charge in [0.25, 0.3) is 5.91 Å². The minimum atomic E-state index is -1.10. The van der Waals surface area contributed by atoms with E-state index in [0.717, 1.165) is 0 Å².